The van der Waals surface area contributed by atoms with Crippen molar-refractivity contribution in [1.29, 1.82) is 0 Å². The summed E-state index contributed by atoms with van der Waals surface area (Å²) >= 11 is 5.54. The molecule has 1 aliphatic rings. The van der Waals surface area contributed by atoms with Gasteiger partial charge in [-0.05, 0) is 0 Å². The third kappa shape index (κ3) is 2.75. The smallest absolute Gasteiger partial charge is 0.338 e. The summed E-state index contributed by atoms with van der Waals surface area (Å²) in [6.45, 7) is 2.23. The van der Waals surface area contributed by atoms with E-state index >= 15 is 0 Å². The number of thiazole rings is 1. The van der Waals surface area contributed by atoms with Crippen LogP contribution in [0.2, 0.25) is 0 Å². The van der Waals surface area contributed by atoms with Crippen LogP contribution in [-0.4, -0.2) is 32.8 Å². The molecule has 3 rings (SSSR count). The van der Waals surface area contributed by atoms with Gasteiger partial charge in [0.2, 0.25) is 0 Å². The number of aromatic nitrogens is 1. The molecule has 0 bridgehead atoms. The molecule has 106 valence electrons. The lowest BCUT2D eigenvalue weighted by Crippen LogP contribution is -2.15. The molecule has 7 heteroatoms. The highest BCUT2D eigenvalue weighted by Gasteiger charge is 2.27. The standard InChI is InChI=1S/C13H13NO3S3/c1-7-11(19-3-2-18-7)12-14-9(6-20-12)10-4-8(5-17-10)13(15)16/h4-7,11H,2-3H2,1H3,(H,15,16). The summed E-state index contributed by atoms with van der Waals surface area (Å²) in [4.78, 5) is 15.5. The summed E-state index contributed by atoms with van der Waals surface area (Å²) < 4.78 is 5.29. The van der Waals surface area contributed by atoms with E-state index in [2.05, 4.69) is 11.9 Å². The average molecular weight is 327 g/mol. The van der Waals surface area contributed by atoms with Crippen molar-refractivity contribution in [3.63, 3.8) is 0 Å². The van der Waals surface area contributed by atoms with Gasteiger partial charge in [-0.2, -0.15) is 11.8 Å². The van der Waals surface area contributed by atoms with E-state index in [9.17, 15) is 4.79 Å². The van der Waals surface area contributed by atoms with Gasteiger partial charge in [0, 0.05) is 28.2 Å². The van der Waals surface area contributed by atoms with E-state index in [1.807, 2.05) is 28.9 Å². The third-order valence-corrected chi connectivity index (χ3v) is 7.23. The van der Waals surface area contributed by atoms with Crippen LogP contribution >= 0.6 is 34.9 Å². The summed E-state index contributed by atoms with van der Waals surface area (Å²) in [6.07, 6.45) is 1.25. The van der Waals surface area contributed by atoms with Crippen molar-refractivity contribution in [3.8, 4) is 11.5 Å². The van der Waals surface area contributed by atoms with Crippen molar-refractivity contribution in [2.45, 2.75) is 17.4 Å². The predicted octanol–water partition coefficient (Wildman–Crippen LogP) is 4.01. The van der Waals surface area contributed by atoms with Crippen LogP contribution in [-0.2, 0) is 0 Å². The molecule has 0 spiro atoms. The van der Waals surface area contributed by atoms with Gasteiger partial charge in [-0.1, -0.05) is 6.92 Å². The molecule has 2 aromatic heterocycles. The van der Waals surface area contributed by atoms with Gasteiger partial charge in [0.1, 0.15) is 17.0 Å². The first-order valence-electron chi connectivity index (χ1n) is 6.16. The summed E-state index contributed by atoms with van der Waals surface area (Å²) in [5.74, 6) is 1.88. The minimum absolute atomic E-state index is 0.158. The second-order valence-electron chi connectivity index (χ2n) is 4.44. The minimum atomic E-state index is -0.983. The Bertz CT molecular complexity index is 622. The second-order valence-corrected chi connectivity index (χ2v) is 8.07. The topological polar surface area (TPSA) is 63.3 Å². The molecule has 4 nitrogen and oxygen atoms in total. The first-order valence-corrected chi connectivity index (χ1v) is 9.13. The number of carbonyl (C=O) groups is 1. The van der Waals surface area contributed by atoms with Gasteiger partial charge in [0.15, 0.2) is 5.76 Å². The number of hydrogen-bond acceptors (Lipinski definition) is 6. The number of carboxylic acid groups (broad SMARTS) is 1. The molecule has 0 aliphatic carbocycles. The fraction of sp³-hybridized carbons (Fsp3) is 0.385. The Kier molecular flexibility index (Phi) is 4.09. The zero-order chi connectivity index (χ0) is 14.1. The maximum Gasteiger partial charge on any atom is 0.338 e. The molecular weight excluding hydrogens is 314 g/mol. The lowest BCUT2D eigenvalue weighted by molar-refractivity contribution is 0.0696. The molecule has 1 fully saturated rings. The zero-order valence-electron chi connectivity index (χ0n) is 10.7. The van der Waals surface area contributed by atoms with Gasteiger partial charge < -0.3 is 9.52 Å². The first-order chi connectivity index (χ1) is 9.65. The quantitative estimate of drug-likeness (QED) is 0.919. The molecule has 1 N–H and O–H groups in total. The van der Waals surface area contributed by atoms with Crippen LogP contribution < -0.4 is 0 Å². The van der Waals surface area contributed by atoms with Crippen LogP contribution in [0.15, 0.2) is 22.1 Å². The second kappa shape index (κ2) is 5.83. The molecule has 0 aromatic carbocycles. The lowest BCUT2D eigenvalue weighted by Gasteiger charge is -2.25. The van der Waals surface area contributed by atoms with Crippen molar-refractivity contribution >= 4 is 40.8 Å². The largest absolute Gasteiger partial charge is 0.478 e. The molecule has 2 atom stereocenters. The molecule has 2 unspecified atom stereocenters. The fourth-order valence-corrected chi connectivity index (χ4v) is 6.00. The molecule has 1 aliphatic heterocycles. The maximum atomic E-state index is 10.9. The summed E-state index contributed by atoms with van der Waals surface area (Å²) in [6, 6.07) is 1.52. The van der Waals surface area contributed by atoms with Crippen molar-refractivity contribution in [1.82, 2.24) is 4.98 Å². The van der Waals surface area contributed by atoms with Gasteiger partial charge in [0.05, 0.1) is 10.8 Å². The summed E-state index contributed by atoms with van der Waals surface area (Å²) in [5.41, 5.74) is 0.881. The van der Waals surface area contributed by atoms with Crippen LogP contribution in [0.4, 0.5) is 0 Å². The van der Waals surface area contributed by atoms with Crippen LogP contribution in [0, 0.1) is 0 Å². The van der Waals surface area contributed by atoms with Gasteiger partial charge >= 0.3 is 5.97 Å². The Balaban J connectivity index is 1.83. The number of thioether (sulfide) groups is 2. The monoisotopic (exact) mass is 327 g/mol. The Hall–Kier alpha value is -0.920. The predicted molar refractivity (Wildman–Crippen MR) is 83.9 cm³/mol. The number of carboxylic acids is 1. The van der Waals surface area contributed by atoms with Crippen molar-refractivity contribution in [2.75, 3.05) is 11.5 Å². The average Bonchev–Trinajstić information content (AvgIpc) is 3.08. The van der Waals surface area contributed by atoms with E-state index in [1.54, 1.807) is 11.3 Å². The Morgan fingerprint density at radius 2 is 2.25 bits per heavy atom. The van der Waals surface area contributed by atoms with Crippen LogP contribution in [0.3, 0.4) is 0 Å². The molecule has 20 heavy (non-hydrogen) atoms. The fourth-order valence-electron chi connectivity index (χ4n) is 2.02. The number of hydrogen-bond donors (Lipinski definition) is 1. The normalized spacial score (nSPS) is 22.9. The Morgan fingerprint density at radius 3 is 2.95 bits per heavy atom. The van der Waals surface area contributed by atoms with E-state index in [-0.39, 0.29) is 5.56 Å². The summed E-state index contributed by atoms with van der Waals surface area (Å²) in [5, 5.41) is 12.9. The van der Waals surface area contributed by atoms with E-state index in [0.29, 0.717) is 16.3 Å². The summed E-state index contributed by atoms with van der Waals surface area (Å²) in [7, 11) is 0. The third-order valence-electron chi connectivity index (χ3n) is 3.05. The van der Waals surface area contributed by atoms with Crippen LogP contribution in [0.1, 0.15) is 27.5 Å². The molecule has 3 heterocycles. The molecule has 0 radical (unpaired) electrons. The van der Waals surface area contributed by atoms with Gasteiger partial charge in [-0.15, -0.1) is 23.1 Å². The van der Waals surface area contributed by atoms with E-state index in [4.69, 9.17) is 9.52 Å². The number of furan rings is 1. The molecule has 1 saturated heterocycles. The highest BCUT2D eigenvalue weighted by Crippen LogP contribution is 2.44. The number of rotatable bonds is 3. The SMILES string of the molecule is CC1SCCSC1c1nc(-c2cc(C(=O)O)co2)cs1. The minimum Gasteiger partial charge on any atom is -0.478 e. The zero-order valence-corrected chi connectivity index (χ0v) is 13.2. The maximum absolute atomic E-state index is 10.9. The first kappa shape index (κ1) is 14.0. The van der Waals surface area contributed by atoms with E-state index in [1.165, 1.54) is 18.1 Å². The van der Waals surface area contributed by atoms with Gasteiger partial charge in [-0.25, -0.2) is 9.78 Å². The van der Waals surface area contributed by atoms with Crippen LogP contribution in [0.5, 0.6) is 0 Å². The Labute approximate surface area is 129 Å². The number of aromatic carboxylic acids is 1. The lowest BCUT2D eigenvalue weighted by atomic mass is 10.3. The van der Waals surface area contributed by atoms with E-state index in [0.717, 1.165) is 16.5 Å². The van der Waals surface area contributed by atoms with Crippen molar-refractivity contribution in [2.24, 2.45) is 0 Å². The molecular formula is C13H13NO3S3. The highest BCUT2D eigenvalue weighted by molar-refractivity contribution is 8.06. The molecule has 0 amide bonds. The molecule has 2 aromatic rings. The molecule has 0 saturated carbocycles. The Morgan fingerprint density at radius 1 is 1.45 bits per heavy atom. The van der Waals surface area contributed by atoms with Crippen LogP contribution in [0.25, 0.3) is 11.5 Å². The van der Waals surface area contributed by atoms with Crippen molar-refractivity contribution < 1.29 is 14.3 Å². The van der Waals surface area contributed by atoms with E-state index < -0.39 is 5.97 Å². The van der Waals surface area contributed by atoms with Gasteiger partial charge in [-0.3, -0.25) is 0 Å². The number of nitrogens with zero attached hydrogens (tertiary/aromatic N) is 1. The highest BCUT2D eigenvalue weighted by atomic mass is 32.2. The van der Waals surface area contributed by atoms with Crippen molar-refractivity contribution in [3.05, 3.63) is 28.3 Å². The van der Waals surface area contributed by atoms with Gasteiger partial charge in [0.25, 0.3) is 0 Å².